The second-order valence-corrected chi connectivity index (χ2v) is 8.52. The van der Waals surface area contributed by atoms with E-state index in [2.05, 4.69) is 19.8 Å². The molecule has 3 aliphatic heterocycles. The van der Waals surface area contributed by atoms with Crippen molar-refractivity contribution >= 4 is 17.9 Å². The molecule has 0 saturated carbocycles. The Hall–Kier alpha value is -2.47. The first-order chi connectivity index (χ1) is 15.0. The van der Waals surface area contributed by atoms with Crippen molar-refractivity contribution < 1.29 is 37.7 Å². The van der Waals surface area contributed by atoms with Gasteiger partial charge in [0.05, 0.1) is 12.0 Å². The van der Waals surface area contributed by atoms with Crippen LogP contribution in [-0.4, -0.2) is 88.6 Å². The number of aryl methyl sites for hydroxylation is 1. The van der Waals surface area contributed by atoms with Gasteiger partial charge in [0.25, 0.3) is 0 Å². The number of carbonyl (C=O) groups is 2. The quantitative estimate of drug-likeness (QED) is 0.697. The minimum Gasteiger partial charge on any atom is -0.481 e. The van der Waals surface area contributed by atoms with E-state index >= 15 is 0 Å². The molecule has 0 aromatic carbocycles. The van der Waals surface area contributed by atoms with Gasteiger partial charge in [-0.05, 0) is 38.3 Å². The third kappa shape index (κ3) is 5.29. The number of likely N-dealkylation sites (tertiary alicyclic amines) is 1. The predicted octanol–water partition coefficient (Wildman–Crippen LogP) is 1.81. The molecule has 1 aromatic rings. The lowest BCUT2D eigenvalue weighted by atomic mass is 9.75. The summed E-state index contributed by atoms with van der Waals surface area (Å²) in [6.07, 6.45) is 1.21. The normalized spacial score (nSPS) is 28.4. The van der Waals surface area contributed by atoms with Gasteiger partial charge in [-0.1, -0.05) is 0 Å². The number of alkyl halides is 3. The van der Waals surface area contributed by atoms with Crippen molar-refractivity contribution in [1.29, 1.82) is 0 Å². The zero-order valence-electron chi connectivity index (χ0n) is 17.7. The molecule has 12 heteroatoms. The Labute approximate surface area is 183 Å². The number of anilines is 1. The average Bonchev–Trinajstić information content (AvgIpc) is 3.34. The van der Waals surface area contributed by atoms with E-state index in [4.69, 9.17) is 14.6 Å². The van der Waals surface area contributed by atoms with E-state index in [1.165, 1.54) is 0 Å². The Morgan fingerprint density at radius 2 is 1.88 bits per heavy atom. The molecule has 4 rings (SSSR count). The summed E-state index contributed by atoms with van der Waals surface area (Å²) in [4.78, 5) is 34.5. The summed E-state index contributed by atoms with van der Waals surface area (Å²) in [5.41, 5.74) is 0.320. The monoisotopic (exact) mass is 460 g/mol. The summed E-state index contributed by atoms with van der Waals surface area (Å²) >= 11 is 0. The van der Waals surface area contributed by atoms with E-state index in [1.807, 2.05) is 6.92 Å². The summed E-state index contributed by atoms with van der Waals surface area (Å²) in [5, 5.41) is 17.2. The number of nitrogens with zero attached hydrogens (tertiary/aromatic N) is 4. The van der Waals surface area contributed by atoms with Crippen LogP contribution >= 0.6 is 0 Å². The van der Waals surface area contributed by atoms with Gasteiger partial charge in [-0.3, -0.25) is 9.69 Å². The van der Waals surface area contributed by atoms with Crippen LogP contribution in [0.2, 0.25) is 0 Å². The number of carboxylic acid groups (broad SMARTS) is 2. The number of hydrogen-bond donors (Lipinski definition) is 2. The minimum atomic E-state index is -5.08. The topological polar surface area (TPSA) is 116 Å². The Balaban J connectivity index is 0.000000360. The van der Waals surface area contributed by atoms with Crippen molar-refractivity contribution in [3.8, 4) is 0 Å². The molecule has 3 atom stereocenters. The average molecular weight is 460 g/mol. The third-order valence-corrected chi connectivity index (χ3v) is 6.36. The van der Waals surface area contributed by atoms with Gasteiger partial charge in [0.2, 0.25) is 5.95 Å². The van der Waals surface area contributed by atoms with E-state index in [-0.39, 0.29) is 5.92 Å². The Bertz CT molecular complexity index is 816. The molecule has 0 amide bonds. The molecule has 3 fully saturated rings. The zero-order chi connectivity index (χ0) is 23.5. The molecule has 2 N–H and O–H groups in total. The van der Waals surface area contributed by atoms with Crippen molar-refractivity contribution in [3.63, 3.8) is 0 Å². The Morgan fingerprint density at radius 3 is 2.41 bits per heavy atom. The molecule has 178 valence electrons. The number of aromatic nitrogens is 2. The van der Waals surface area contributed by atoms with Crippen LogP contribution in [0.4, 0.5) is 19.1 Å². The summed E-state index contributed by atoms with van der Waals surface area (Å²) in [5.74, 6) is -2.68. The van der Waals surface area contributed by atoms with Gasteiger partial charge in [0, 0.05) is 50.6 Å². The van der Waals surface area contributed by atoms with Crippen LogP contribution in [-0.2, 0) is 14.3 Å². The van der Waals surface area contributed by atoms with E-state index in [0.29, 0.717) is 25.1 Å². The fraction of sp³-hybridized carbons (Fsp3) is 0.700. The Morgan fingerprint density at radius 1 is 1.22 bits per heavy atom. The lowest BCUT2D eigenvalue weighted by molar-refractivity contribution is -0.192. The maximum Gasteiger partial charge on any atom is 0.490 e. The van der Waals surface area contributed by atoms with Crippen LogP contribution in [0.3, 0.4) is 0 Å². The molecule has 3 aliphatic rings. The number of rotatable bonds is 3. The highest BCUT2D eigenvalue weighted by Gasteiger charge is 2.54. The fourth-order valence-corrected chi connectivity index (χ4v) is 4.65. The van der Waals surface area contributed by atoms with Gasteiger partial charge >= 0.3 is 18.1 Å². The number of aliphatic carboxylic acids is 2. The standard InChI is InChI=1S/C18H26N4O3.C2HF3O2/c1-13-7-19-17(20-8-13)22-10-14-9-21(15-3-6-25-11-15)5-2-4-18(14,12-22)16(23)24;3-2(4,5)1(6)7/h7-8,14-15H,2-6,9-12H2,1H3,(H,23,24);(H,6,7)/t14-,15?,18-;/m0./s1. The molecule has 32 heavy (non-hydrogen) atoms. The molecule has 9 nitrogen and oxygen atoms in total. The van der Waals surface area contributed by atoms with Crippen molar-refractivity contribution in [2.45, 2.75) is 38.4 Å². The van der Waals surface area contributed by atoms with Gasteiger partial charge < -0.3 is 19.8 Å². The molecule has 0 spiro atoms. The van der Waals surface area contributed by atoms with Gasteiger partial charge in [0.1, 0.15) is 0 Å². The molecule has 3 saturated heterocycles. The van der Waals surface area contributed by atoms with Gasteiger partial charge in [0.15, 0.2) is 0 Å². The molecular weight excluding hydrogens is 433 g/mol. The summed E-state index contributed by atoms with van der Waals surface area (Å²) in [6.45, 7) is 6.56. The van der Waals surface area contributed by atoms with Crippen LogP contribution in [0.15, 0.2) is 12.4 Å². The van der Waals surface area contributed by atoms with E-state index in [9.17, 15) is 23.1 Å². The van der Waals surface area contributed by atoms with E-state index in [1.54, 1.807) is 12.4 Å². The van der Waals surface area contributed by atoms with E-state index in [0.717, 1.165) is 51.1 Å². The predicted molar refractivity (Wildman–Crippen MR) is 106 cm³/mol. The number of halogens is 3. The summed E-state index contributed by atoms with van der Waals surface area (Å²) in [6, 6.07) is 0.439. The molecule has 0 radical (unpaired) electrons. The fourth-order valence-electron chi connectivity index (χ4n) is 4.65. The van der Waals surface area contributed by atoms with E-state index < -0.39 is 23.5 Å². The first-order valence-corrected chi connectivity index (χ1v) is 10.4. The van der Waals surface area contributed by atoms with Gasteiger partial charge in [-0.15, -0.1) is 0 Å². The lowest BCUT2D eigenvalue weighted by Gasteiger charge is -2.31. The lowest BCUT2D eigenvalue weighted by Crippen LogP contribution is -2.44. The first kappa shape index (κ1) is 24.2. The van der Waals surface area contributed by atoms with Crippen LogP contribution in [0.5, 0.6) is 0 Å². The highest BCUT2D eigenvalue weighted by atomic mass is 19.4. The van der Waals surface area contributed by atoms with Crippen LogP contribution in [0.25, 0.3) is 0 Å². The second-order valence-electron chi connectivity index (χ2n) is 8.52. The molecule has 4 heterocycles. The van der Waals surface area contributed by atoms with Crippen LogP contribution in [0.1, 0.15) is 24.8 Å². The number of carboxylic acids is 2. The molecule has 1 aromatic heterocycles. The van der Waals surface area contributed by atoms with Crippen molar-refractivity contribution in [1.82, 2.24) is 14.9 Å². The van der Waals surface area contributed by atoms with Crippen LogP contribution < -0.4 is 4.90 Å². The van der Waals surface area contributed by atoms with Crippen LogP contribution in [0, 0.1) is 18.3 Å². The molecule has 0 aliphatic carbocycles. The minimum absolute atomic E-state index is 0.0954. The summed E-state index contributed by atoms with van der Waals surface area (Å²) in [7, 11) is 0. The maximum absolute atomic E-state index is 12.3. The van der Waals surface area contributed by atoms with Crippen molar-refractivity contribution in [2.75, 3.05) is 44.3 Å². The smallest absolute Gasteiger partial charge is 0.481 e. The van der Waals surface area contributed by atoms with Gasteiger partial charge in [-0.25, -0.2) is 14.8 Å². The second kappa shape index (κ2) is 9.57. The maximum atomic E-state index is 12.3. The largest absolute Gasteiger partial charge is 0.490 e. The first-order valence-electron chi connectivity index (χ1n) is 10.4. The molecule has 1 unspecified atom stereocenters. The SMILES string of the molecule is Cc1cnc(N2C[C@@H]3CN(C4CCOC4)CCC[C@]3(C(=O)O)C2)nc1.O=C(O)C(F)(F)F. The Kier molecular flexibility index (Phi) is 7.23. The number of ether oxygens (including phenoxy) is 1. The highest BCUT2D eigenvalue weighted by Crippen LogP contribution is 2.44. The molecular formula is C20H27F3N4O5. The highest BCUT2D eigenvalue weighted by molar-refractivity contribution is 5.77. The van der Waals surface area contributed by atoms with Gasteiger partial charge in [-0.2, -0.15) is 13.2 Å². The number of fused-ring (bicyclic) bond motifs is 1. The zero-order valence-corrected chi connectivity index (χ0v) is 17.7. The number of hydrogen-bond acceptors (Lipinski definition) is 7. The van der Waals surface area contributed by atoms with Crippen molar-refractivity contribution in [2.24, 2.45) is 11.3 Å². The third-order valence-electron chi connectivity index (χ3n) is 6.36. The molecule has 0 bridgehead atoms. The summed E-state index contributed by atoms with van der Waals surface area (Å²) < 4.78 is 37.3. The van der Waals surface area contributed by atoms with Crippen molar-refractivity contribution in [3.05, 3.63) is 18.0 Å².